The molecule has 0 aliphatic carbocycles. The molecule has 0 amide bonds. The first kappa shape index (κ1) is 19.4. The van der Waals surface area contributed by atoms with E-state index in [0.29, 0.717) is 0 Å². The van der Waals surface area contributed by atoms with Crippen LogP contribution in [-0.4, -0.2) is 33.0 Å². The van der Waals surface area contributed by atoms with Crippen molar-refractivity contribution in [1.82, 2.24) is 0 Å². The third kappa shape index (κ3) is 3.99. The smallest absolute Gasteiger partial charge is 0.326 e. The van der Waals surface area contributed by atoms with E-state index < -0.39 is 27.5 Å². The number of aryl methyl sites for hydroxylation is 2. The van der Waals surface area contributed by atoms with Gasteiger partial charge in [-0.15, -0.1) is 0 Å². The number of non-ortho nitro benzene ring substituents is 1. The number of hydrogen-bond donors (Lipinski definition) is 0. The predicted octanol–water partition coefficient (Wildman–Crippen LogP) is 2.58. The number of carbonyl (C=O) groups is 1. The molecule has 8 nitrogen and oxygen atoms in total. The van der Waals surface area contributed by atoms with Gasteiger partial charge in [0, 0.05) is 12.1 Å². The van der Waals surface area contributed by atoms with Crippen molar-refractivity contribution in [3.63, 3.8) is 0 Å². The van der Waals surface area contributed by atoms with Gasteiger partial charge in [0.25, 0.3) is 15.7 Å². The number of rotatable bonds is 6. The summed E-state index contributed by atoms with van der Waals surface area (Å²) in [6.45, 7) is 3.14. The number of nitro benzene ring substituents is 1. The molecule has 0 saturated heterocycles. The van der Waals surface area contributed by atoms with Crippen LogP contribution in [0.4, 0.5) is 11.4 Å². The lowest BCUT2D eigenvalue weighted by atomic mass is 10.1. The molecule has 0 atom stereocenters. The molecule has 138 valence electrons. The normalized spacial score (nSPS) is 11.0. The molecule has 0 heterocycles. The lowest BCUT2D eigenvalue weighted by Gasteiger charge is -2.24. The van der Waals surface area contributed by atoms with E-state index in [2.05, 4.69) is 4.74 Å². The van der Waals surface area contributed by atoms with Crippen molar-refractivity contribution in [2.45, 2.75) is 18.7 Å². The molecule has 2 rings (SSSR count). The largest absolute Gasteiger partial charge is 0.468 e. The lowest BCUT2D eigenvalue weighted by molar-refractivity contribution is -0.385. The molecule has 0 N–H and O–H groups in total. The number of ether oxygens (including phenoxy) is 1. The maximum Gasteiger partial charge on any atom is 0.326 e. The molecule has 0 unspecified atom stereocenters. The van der Waals surface area contributed by atoms with Crippen molar-refractivity contribution < 1.29 is 22.9 Å². The number of methoxy groups -OCH3 is 1. The van der Waals surface area contributed by atoms with E-state index in [9.17, 15) is 23.3 Å². The van der Waals surface area contributed by atoms with Crippen molar-refractivity contribution in [2.75, 3.05) is 18.0 Å². The molecular formula is C17H18N2O6S. The summed E-state index contributed by atoms with van der Waals surface area (Å²) in [7, 11) is -3.06. The van der Waals surface area contributed by atoms with Gasteiger partial charge in [-0.3, -0.25) is 19.2 Å². The summed E-state index contributed by atoms with van der Waals surface area (Å²) in [6, 6.07) is 9.61. The molecule has 0 radical (unpaired) electrons. The Balaban J connectivity index is 2.59. The number of anilines is 1. The van der Waals surface area contributed by atoms with Gasteiger partial charge >= 0.3 is 5.97 Å². The van der Waals surface area contributed by atoms with Crippen molar-refractivity contribution in [3.05, 3.63) is 63.7 Å². The Labute approximate surface area is 151 Å². The van der Waals surface area contributed by atoms with Gasteiger partial charge in [0.2, 0.25) is 0 Å². The average Bonchev–Trinajstić information content (AvgIpc) is 2.61. The molecular weight excluding hydrogens is 360 g/mol. The fourth-order valence-electron chi connectivity index (χ4n) is 2.26. The number of nitrogens with zero attached hydrogens (tertiary/aromatic N) is 2. The number of sulfonamides is 1. The highest BCUT2D eigenvalue weighted by molar-refractivity contribution is 7.92. The van der Waals surface area contributed by atoms with Gasteiger partial charge in [0.1, 0.15) is 6.54 Å². The summed E-state index contributed by atoms with van der Waals surface area (Å²) in [5, 5.41) is 10.9. The maximum atomic E-state index is 13.1. The SMILES string of the molecule is COC(=O)CN(c1ccc(C)c(C)c1)S(=O)(=O)c1cccc([N+](=O)[O-])c1. The average molecular weight is 378 g/mol. The molecule has 0 spiro atoms. The lowest BCUT2D eigenvalue weighted by Crippen LogP contribution is -2.36. The first-order chi connectivity index (χ1) is 12.2. The van der Waals surface area contributed by atoms with E-state index in [1.165, 1.54) is 18.2 Å². The highest BCUT2D eigenvalue weighted by Crippen LogP contribution is 2.27. The fourth-order valence-corrected chi connectivity index (χ4v) is 3.70. The molecule has 9 heteroatoms. The van der Waals surface area contributed by atoms with Crippen LogP contribution in [0.1, 0.15) is 11.1 Å². The third-order valence-electron chi connectivity index (χ3n) is 3.90. The Morgan fingerprint density at radius 1 is 1.15 bits per heavy atom. The summed E-state index contributed by atoms with van der Waals surface area (Å²) in [5.41, 5.74) is 1.71. The highest BCUT2D eigenvalue weighted by Gasteiger charge is 2.29. The minimum atomic E-state index is -4.22. The van der Waals surface area contributed by atoms with E-state index in [1.54, 1.807) is 18.2 Å². The zero-order valence-electron chi connectivity index (χ0n) is 14.5. The molecule has 26 heavy (non-hydrogen) atoms. The summed E-state index contributed by atoms with van der Waals surface area (Å²) in [6.07, 6.45) is 0. The minimum absolute atomic E-state index is 0.269. The van der Waals surface area contributed by atoms with E-state index in [1.807, 2.05) is 13.8 Å². The second kappa shape index (κ2) is 7.52. The molecule has 0 fully saturated rings. The Morgan fingerprint density at radius 3 is 2.42 bits per heavy atom. The summed E-state index contributed by atoms with van der Waals surface area (Å²) >= 11 is 0. The Bertz CT molecular complexity index is 955. The van der Waals surface area contributed by atoms with Gasteiger partial charge in [-0.25, -0.2) is 8.42 Å². The van der Waals surface area contributed by atoms with Crippen LogP contribution in [0.2, 0.25) is 0 Å². The second-order valence-corrected chi connectivity index (χ2v) is 7.47. The van der Waals surface area contributed by atoms with Crippen LogP contribution < -0.4 is 4.31 Å². The topological polar surface area (TPSA) is 107 Å². The third-order valence-corrected chi connectivity index (χ3v) is 5.67. The first-order valence-electron chi connectivity index (χ1n) is 7.58. The van der Waals surface area contributed by atoms with Crippen LogP contribution in [0.5, 0.6) is 0 Å². The zero-order valence-corrected chi connectivity index (χ0v) is 15.3. The molecule has 0 saturated carbocycles. The minimum Gasteiger partial charge on any atom is -0.468 e. The highest BCUT2D eigenvalue weighted by atomic mass is 32.2. The van der Waals surface area contributed by atoms with Gasteiger partial charge < -0.3 is 4.74 Å². The van der Waals surface area contributed by atoms with E-state index in [0.717, 1.165) is 28.6 Å². The van der Waals surface area contributed by atoms with Gasteiger partial charge in [0.05, 0.1) is 22.6 Å². The molecule has 2 aromatic rings. The van der Waals surface area contributed by atoms with Crippen molar-refractivity contribution in [3.8, 4) is 0 Å². The number of esters is 1. The molecule has 2 aromatic carbocycles. The van der Waals surface area contributed by atoms with Crippen LogP contribution in [0.3, 0.4) is 0 Å². The van der Waals surface area contributed by atoms with E-state index in [-0.39, 0.29) is 16.3 Å². The summed E-state index contributed by atoms with van der Waals surface area (Å²) in [5.74, 6) is -0.753. The number of nitro groups is 1. The van der Waals surface area contributed by atoms with Crippen molar-refractivity contribution in [2.24, 2.45) is 0 Å². The van der Waals surface area contributed by atoms with Gasteiger partial charge in [-0.1, -0.05) is 12.1 Å². The van der Waals surface area contributed by atoms with Crippen LogP contribution in [0.15, 0.2) is 47.4 Å². The Hall–Kier alpha value is -2.94. The Kier molecular flexibility index (Phi) is 5.61. The molecule has 0 aliphatic heterocycles. The molecule has 0 bridgehead atoms. The van der Waals surface area contributed by atoms with E-state index in [4.69, 9.17) is 0 Å². The summed E-state index contributed by atoms with van der Waals surface area (Å²) in [4.78, 5) is 21.7. The molecule has 0 aromatic heterocycles. The van der Waals surface area contributed by atoms with Gasteiger partial charge in [-0.05, 0) is 43.2 Å². The van der Waals surface area contributed by atoms with Crippen molar-refractivity contribution in [1.29, 1.82) is 0 Å². The zero-order chi connectivity index (χ0) is 19.5. The van der Waals surface area contributed by atoms with Crippen LogP contribution in [-0.2, 0) is 19.6 Å². The quantitative estimate of drug-likeness (QED) is 0.434. The monoisotopic (exact) mass is 378 g/mol. The fraction of sp³-hybridized carbons (Fsp3) is 0.235. The van der Waals surface area contributed by atoms with Crippen molar-refractivity contribution >= 4 is 27.4 Å². The second-order valence-electron chi connectivity index (χ2n) is 5.61. The van der Waals surface area contributed by atoms with Gasteiger partial charge in [0.15, 0.2) is 0 Å². The number of carbonyl (C=O) groups excluding carboxylic acids is 1. The number of hydrogen-bond acceptors (Lipinski definition) is 6. The number of benzene rings is 2. The van der Waals surface area contributed by atoms with Crippen LogP contribution in [0.25, 0.3) is 0 Å². The standard InChI is InChI=1S/C17H18N2O6S/c1-12-7-8-14(9-13(12)2)18(11-17(20)25-3)26(23,24)16-6-4-5-15(10-16)19(21)22/h4-10H,11H2,1-3H3. The Morgan fingerprint density at radius 2 is 1.85 bits per heavy atom. The van der Waals surface area contributed by atoms with Gasteiger partial charge in [-0.2, -0.15) is 0 Å². The van der Waals surface area contributed by atoms with E-state index >= 15 is 0 Å². The van der Waals surface area contributed by atoms with Crippen LogP contribution in [0, 0.1) is 24.0 Å². The van der Waals surface area contributed by atoms with Crippen LogP contribution >= 0.6 is 0 Å². The maximum absolute atomic E-state index is 13.1. The predicted molar refractivity (Wildman–Crippen MR) is 95.6 cm³/mol. The first-order valence-corrected chi connectivity index (χ1v) is 9.02. The molecule has 0 aliphatic rings. The summed E-state index contributed by atoms with van der Waals surface area (Å²) < 4.78 is 31.6.